The molecule has 5 heteroatoms. The Morgan fingerprint density at radius 2 is 2.47 bits per heavy atom. The maximum Gasteiger partial charge on any atom is 0.156 e. The van der Waals surface area contributed by atoms with Gasteiger partial charge in [0.05, 0.1) is 18.8 Å². The molecule has 1 unspecified atom stereocenters. The average Bonchev–Trinajstić information content (AvgIpc) is 2.76. The van der Waals surface area contributed by atoms with Crippen LogP contribution >= 0.6 is 0 Å². The summed E-state index contributed by atoms with van der Waals surface area (Å²) in [7, 11) is 0. The number of nitrogens with two attached hydrogens (primary N) is 1. The fraction of sp³-hybridized carbons (Fsp3) is 0.600. The third-order valence-corrected chi connectivity index (χ3v) is 2.86. The van der Waals surface area contributed by atoms with Gasteiger partial charge in [-0.2, -0.15) is 5.10 Å². The van der Waals surface area contributed by atoms with E-state index in [0.717, 1.165) is 30.8 Å². The lowest BCUT2D eigenvalue weighted by atomic mass is 10.2. The topological polar surface area (TPSA) is 75.3 Å². The van der Waals surface area contributed by atoms with Crippen molar-refractivity contribution in [3.05, 3.63) is 17.8 Å². The molecule has 2 heterocycles. The van der Waals surface area contributed by atoms with Gasteiger partial charge in [0.15, 0.2) is 5.82 Å². The summed E-state index contributed by atoms with van der Waals surface area (Å²) >= 11 is 0. The first kappa shape index (κ1) is 10.3. The van der Waals surface area contributed by atoms with E-state index < -0.39 is 0 Å². The van der Waals surface area contributed by atoms with E-state index >= 15 is 0 Å². The largest absolute Gasteiger partial charge is 0.394 e. The van der Waals surface area contributed by atoms with Gasteiger partial charge in [0.1, 0.15) is 0 Å². The van der Waals surface area contributed by atoms with E-state index in [1.165, 1.54) is 0 Å². The molecule has 2 rings (SSSR count). The van der Waals surface area contributed by atoms with Crippen molar-refractivity contribution in [1.82, 2.24) is 10.2 Å². The molecule has 0 spiro atoms. The zero-order chi connectivity index (χ0) is 10.7. The van der Waals surface area contributed by atoms with Gasteiger partial charge in [0.25, 0.3) is 0 Å². The quantitative estimate of drug-likeness (QED) is 0.725. The molecule has 0 aromatic carbocycles. The number of aliphatic hydroxyl groups is 1. The van der Waals surface area contributed by atoms with Gasteiger partial charge in [0, 0.05) is 18.7 Å². The lowest BCUT2D eigenvalue weighted by molar-refractivity contribution is 0.266. The fourth-order valence-corrected chi connectivity index (χ4v) is 2.06. The molecule has 5 nitrogen and oxygen atoms in total. The second-order valence-corrected chi connectivity index (χ2v) is 3.76. The van der Waals surface area contributed by atoms with Crippen molar-refractivity contribution >= 4 is 5.82 Å². The molecule has 15 heavy (non-hydrogen) atoms. The van der Waals surface area contributed by atoms with Crippen LogP contribution in [-0.2, 0) is 6.54 Å². The van der Waals surface area contributed by atoms with Crippen molar-refractivity contribution in [2.24, 2.45) is 5.73 Å². The lowest BCUT2D eigenvalue weighted by Crippen LogP contribution is -2.34. The minimum atomic E-state index is 0.167. The summed E-state index contributed by atoms with van der Waals surface area (Å²) in [5.41, 5.74) is 6.64. The normalized spacial score (nSPS) is 20.9. The molecule has 1 fully saturated rings. The standard InChI is InChI=1S/C10H16N4O/c11-6-8-3-4-12-13-10(8)14-5-1-2-9(14)7-15/h3-4,9,15H,1-2,5-7,11H2. The molecule has 1 aliphatic rings. The Balaban J connectivity index is 2.27. The van der Waals surface area contributed by atoms with Crippen molar-refractivity contribution in [2.75, 3.05) is 18.1 Å². The van der Waals surface area contributed by atoms with Crippen LogP contribution in [0.25, 0.3) is 0 Å². The lowest BCUT2D eigenvalue weighted by Gasteiger charge is -2.25. The summed E-state index contributed by atoms with van der Waals surface area (Å²) in [4.78, 5) is 2.11. The third-order valence-electron chi connectivity index (χ3n) is 2.86. The van der Waals surface area contributed by atoms with E-state index in [9.17, 15) is 5.11 Å². The maximum absolute atomic E-state index is 9.24. The van der Waals surface area contributed by atoms with Gasteiger partial charge >= 0.3 is 0 Å². The first-order valence-electron chi connectivity index (χ1n) is 5.25. The highest BCUT2D eigenvalue weighted by atomic mass is 16.3. The van der Waals surface area contributed by atoms with Gasteiger partial charge in [-0.1, -0.05) is 0 Å². The molecule has 0 aliphatic carbocycles. The highest BCUT2D eigenvalue weighted by Crippen LogP contribution is 2.25. The van der Waals surface area contributed by atoms with E-state index in [-0.39, 0.29) is 12.6 Å². The Morgan fingerprint density at radius 1 is 1.60 bits per heavy atom. The monoisotopic (exact) mass is 208 g/mol. The number of hydrogen-bond acceptors (Lipinski definition) is 5. The van der Waals surface area contributed by atoms with Gasteiger partial charge < -0.3 is 15.7 Å². The minimum Gasteiger partial charge on any atom is -0.394 e. The molecule has 0 saturated carbocycles. The van der Waals surface area contributed by atoms with E-state index in [4.69, 9.17) is 5.73 Å². The number of rotatable bonds is 3. The average molecular weight is 208 g/mol. The van der Waals surface area contributed by atoms with Gasteiger partial charge in [0.2, 0.25) is 0 Å². The predicted octanol–water partition coefficient (Wildman–Crippen LogP) is -0.104. The Morgan fingerprint density at radius 3 is 3.20 bits per heavy atom. The van der Waals surface area contributed by atoms with Gasteiger partial charge in [-0.3, -0.25) is 0 Å². The van der Waals surface area contributed by atoms with Crippen molar-refractivity contribution in [3.63, 3.8) is 0 Å². The highest BCUT2D eigenvalue weighted by molar-refractivity contribution is 5.47. The summed E-state index contributed by atoms with van der Waals surface area (Å²) < 4.78 is 0. The molecule has 0 bridgehead atoms. The Hall–Kier alpha value is -1.20. The van der Waals surface area contributed by atoms with Crippen LogP contribution in [-0.4, -0.2) is 34.5 Å². The molecule has 82 valence electrons. The van der Waals surface area contributed by atoms with E-state index in [1.807, 2.05) is 6.07 Å². The van der Waals surface area contributed by atoms with Gasteiger partial charge in [-0.15, -0.1) is 5.10 Å². The number of nitrogens with zero attached hydrogens (tertiary/aromatic N) is 3. The van der Waals surface area contributed by atoms with Crippen molar-refractivity contribution in [1.29, 1.82) is 0 Å². The van der Waals surface area contributed by atoms with Crippen LogP contribution < -0.4 is 10.6 Å². The smallest absolute Gasteiger partial charge is 0.156 e. The molecule has 1 aliphatic heterocycles. The van der Waals surface area contributed by atoms with E-state index in [1.54, 1.807) is 6.20 Å². The van der Waals surface area contributed by atoms with Crippen LogP contribution in [0.4, 0.5) is 5.82 Å². The molecule has 1 aromatic heterocycles. The van der Waals surface area contributed by atoms with Crippen LogP contribution in [0.1, 0.15) is 18.4 Å². The van der Waals surface area contributed by atoms with E-state index in [0.29, 0.717) is 6.54 Å². The van der Waals surface area contributed by atoms with Crippen molar-refractivity contribution in [2.45, 2.75) is 25.4 Å². The van der Waals surface area contributed by atoms with Crippen LogP contribution in [0, 0.1) is 0 Å². The number of aromatic nitrogens is 2. The molecule has 0 radical (unpaired) electrons. The first-order chi connectivity index (χ1) is 7.36. The van der Waals surface area contributed by atoms with Gasteiger partial charge in [-0.05, 0) is 18.9 Å². The molecule has 1 atom stereocenters. The second kappa shape index (κ2) is 4.55. The molecule has 0 amide bonds. The van der Waals surface area contributed by atoms with Gasteiger partial charge in [-0.25, -0.2) is 0 Å². The van der Waals surface area contributed by atoms with E-state index in [2.05, 4.69) is 15.1 Å². The summed E-state index contributed by atoms with van der Waals surface area (Å²) in [5, 5.41) is 17.2. The number of aliphatic hydroxyl groups excluding tert-OH is 1. The van der Waals surface area contributed by atoms with Crippen LogP contribution in [0.2, 0.25) is 0 Å². The molecule has 1 aromatic rings. The third kappa shape index (κ3) is 1.93. The molecule has 1 saturated heterocycles. The Labute approximate surface area is 88.9 Å². The number of anilines is 1. The predicted molar refractivity (Wildman–Crippen MR) is 57.4 cm³/mol. The summed E-state index contributed by atoms with van der Waals surface area (Å²) in [5.74, 6) is 0.830. The van der Waals surface area contributed by atoms with Crippen LogP contribution in [0.15, 0.2) is 12.3 Å². The summed E-state index contributed by atoms with van der Waals surface area (Å²) in [6.07, 6.45) is 3.75. The fourth-order valence-electron chi connectivity index (χ4n) is 2.06. The zero-order valence-electron chi connectivity index (χ0n) is 8.63. The molecular weight excluding hydrogens is 192 g/mol. The summed E-state index contributed by atoms with van der Waals surface area (Å²) in [6.45, 7) is 1.55. The van der Waals surface area contributed by atoms with Crippen LogP contribution in [0.5, 0.6) is 0 Å². The number of hydrogen-bond donors (Lipinski definition) is 2. The summed E-state index contributed by atoms with van der Waals surface area (Å²) in [6, 6.07) is 2.06. The Bertz CT molecular complexity index is 331. The highest BCUT2D eigenvalue weighted by Gasteiger charge is 2.26. The zero-order valence-corrected chi connectivity index (χ0v) is 8.63. The molecule has 3 N–H and O–H groups in total. The SMILES string of the molecule is NCc1ccnnc1N1CCCC1CO. The second-order valence-electron chi connectivity index (χ2n) is 3.76. The van der Waals surface area contributed by atoms with Crippen LogP contribution in [0.3, 0.4) is 0 Å². The molecular formula is C10H16N4O. The first-order valence-corrected chi connectivity index (χ1v) is 5.25. The van der Waals surface area contributed by atoms with Crippen molar-refractivity contribution in [3.8, 4) is 0 Å². The minimum absolute atomic E-state index is 0.167. The maximum atomic E-state index is 9.24. The van der Waals surface area contributed by atoms with Crippen molar-refractivity contribution < 1.29 is 5.11 Å². The Kier molecular flexibility index (Phi) is 3.13.